The summed E-state index contributed by atoms with van der Waals surface area (Å²) in [5, 5.41) is 0. The van der Waals surface area contributed by atoms with E-state index in [9.17, 15) is 19.2 Å². The van der Waals surface area contributed by atoms with Crippen molar-refractivity contribution in [2.24, 2.45) is 5.92 Å². The van der Waals surface area contributed by atoms with Gasteiger partial charge in [0.15, 0.2) is 0 Å². The molecule has 0 bridgehead atoms. The van der Waals surface area contributed by atoms with Gasteiger partial charge in [0.2, 0.25) is 5.91 Å². The molecule has 0 aromatic heterocycles. The predicted molar refractivity (Wildman–Crippen MR) is 145 cm³/mol. The highest BCUT2D eigenvalue weighted by Crippen LogP contribution is 2.37. The van der Waals surface area contributed by atoms with E-state index in [-0.39, 0.29) is 49.2 Å². The molecule has 8 nitrogen and oxygen atoms in total. The fourth-order valence-corrected chi connectivity index (χ4v) is 5.43. The van der Waals surface area contributed by atoms with Crippen LogP contribution in [0.15, 0.2) is 65.9 Å². The first-order valence-electron chi connectivity index (χ1n) is 13.6. The Labute approximate surface area is 229 Å². The standard InChI is InChI=1S/C31H36N2O6/c1-4-38-30(36)25-15-10-16-32(20-25)29(35)24-14-9-11-22(17-24)19-33-21(3)28(31(37)39-5-2)26(18-27(33)34)23-12-7-6-8-13-23/h6-9,11-14,17,25-26H,4-5,10,15-16,18-20H2,1-3H3. The van der Waals surface area contributed by atoms with Gasteiger partial charge in [-0.1, -0.05) is 42.5 Å². The number of nitrogens with zero attached hydrogens (tertiary/aromatic N) is 2. The molecule has 2 heterocycles. The Morgan fingerprint density at radius 3 is 2.44 bits per heavy atom. The lowest BCUT2D eigenvalue weighted by Crippen LogP contribution is -2.42. The van der Waals surface area contributed by atoms with E-state index in [4.69, 9.17) is 9.47 Å². The third kappa shape index (κ3) is 6.38. The van der Waals surface area contributed by atoms with Crippen LogP contribution in [0.4, 0.5) is 0 Å². The minimum atomic E-state index is -0.425. The molecule has 39 heavy (non-hydrogen) atoms. The first-order chi connectivity index (χ1) is 18.8. The van der Waals surface area contributed by atoms with Crippen LogP contribution in [0, 0.1) is 5.92 Å². The molecule has 2 aliphatic rings. The fraction of sp³-hybridized carbons (Fsp3) is 0.419. The molecule has 2 aromatic carbocycles. The number of allylic oxidation sites excluding steroid dienone is 1. The molecule has 0 aliphatic carbocycles. The second-order valence-corrected chi connectivity index (χ2v) is 9.91. The zero-order valence-electron chi connectivity index (χ0n) is 22.9. The first-order valence-corrected chi connectivity index (χ1v) is 13.6. The molecule has 8 heteroatoms. The van der Waals surface area contributed by atoms with E-state index < -0.39 is 5.97 Å². The SMILES string of the molecule is CCOC(=O)C1=C(C)N(Cc2cccc(C(=O)N3CCCC(C(=O)OCC)C3)c2)C(=O)CC1c1ccccc1. The van der Waals surface area contributed by atoms with Crippen LogP contribution in [0.25, 0.3) is 0 Å². The van der Waals surface area contributed by atoms with Gasteiger partial charge in [-0.05, 0) is 56.9 Å². The maximum Gasteiger partial charge on any atom is 0.336 e. The average Bonchev–Trinajstić information content (AvgIpc) is 2.95. The van der Waals surface area contributed by atoms with Gasteiger partial charge in [0.25, 0.3) is 5.91 Å². The molecule has 0 N–H and O–H groups in total. The predicted octanol–water partition coefficient (Wildman–Crippen LogP) is 4.46. The Kier molecular flexibility index (Phi) is 9.17. The molecule has 2 atom stereocenters. The molecule has 0 radical (unpaired) electrons. The first kappa shape index (κ1) is 28.1. The number of hydrogen-bond donors (Lipinski definition) is 0. The Bertz CT molecular complexity index is 1250. The van der Waals surface area contributed by atoms with Gasteiger partial charge in [-0.25, -0.2) is 4.79 Å². The van der Waals surface area contributed by atoms with Crippen molar-refractivity contribution < 1.29 is 28.7 Å². The third-order valence-corrected chi connectivity index (χ3v) is 7.36. The number of benzene rings is 2. The van der Waals surface area contributed by atoms with Crippen LogP contribution < -0.4 is 0 Å². The van der Waals surface area contributed by atoms with Crippen LogP contribution in [-0.2, 0) is 30.4 Å². The van der Waals surface area contributed by atoms with Crippen LogP contribution in [0.2, 0.25) is 0 Å². The second-order valence-electron chi connectivity index (χ2n) is 9.91. The second kappa shape index (κ2) is 12.7. The van der Waals surface area contributed by atoms with Crippen molar-refractivity contribution in [3.8, 4) is 0 Å². The Morgan fingerprint density at radius 1 is 0.974 bits per heavy atom. The van der Waals surface area contributed by atoms with Gasteiger partial charge >= 0.3 is 11.9 Å². The number of amides is 2. The highest BCUT2D eigenvalue weighted by Gasteiger charge is 2.37. The molecular formula is C31H36N2O6. The molecule has 2 unspecified atom stereocenters. The maximum absolute atomic E-state index is 13.4. The monoisotopic (exact) mass is 532 g/mol. The molecule has 2 aromatic rings. The fourth-order valence-electron chi connectivity index (χ4n) is 5.43. The summed E-state index contributed by atoms with van der Waals surface area (Å²) in [4.78, 5) is 55.3. The van der Waals surface area contributed by atoms with Crippen LogP contribution in [0.1, 0.15) is 67.4 Å². The van der Waals surface area contributed by atoms with E-state index in [0.29, 0.717) is 43.0 Å². The minimum Gasteiger partial charge on any atom is -0.466 e. The van der Waals surface area contributed by atoms with Gasteiger partial charge < -0.3 is 19.3 Å². The van der Waals surface area contributed by atoms with Crippen molar-refractivity contribution in [2.75, 3.05) is 26.3 Å². The Morgan fingerprint density at radius 2 is 1.72 bits per heavy atom. The molecule has 2 amide bonds. The summed E-state index contributed by atoms with van der Waals surface area (Å²) < 4.78 is 10.5. The van der Waals surface area contributed by atoms with E-state index in [0.717, 1.165) is 17.5 Å². The number of likely N-dealkylation sites (tertiary alicyclic amines) is 1. The number of carbonyl (C=O) groups is 4. The molecule has 1 fully saturated rings. The highest BCUT2D eigenvalue weighted by molar-refractivity contribution is 5.96. The van der Waals surface area contributed by atoms with E-state index in [1.807, 2.05) is 36.4 Å². The van der Waals surface area contributed by atoms with Crippen LogP contribution >= 0.6 is 0 Å². The van der Waals surface area contributed by atoms with Crippen molar-refractivity contribution in [1.82, 2.24) is 9.80 Å². The van der Waals surface area contributed by atoms with Gasteiger partial charge in [0.05, 0.1) is 31.2 Å². The molecule has 2 aliphatic heterocycles. The summed E-state index contributed by atoms with van der Waals surface area (Å²) in [5.74, 6) is -1.64. The number of hydrogen-bond acceptors (Lipinski definition) is 6. The number of esters is 2. The molecular weight excluding hydrogens is 496 g/mol. The van der Waals surface area contributed by atoms with Gasteiger partial charge in [0, 0.05) is 36.7 Å². The van der Waals surface area contributed by atoms with Gasteiger partial charge in [-0.15, -0.1) is 0 Å². The Hall–Kier alpha value is -3.94. The number of rotatable bonds is 8. The van der Waals surface area contributed by atoms with Gasteiger partial charge in [0.1, 0.15) is 0 Å². The lowest BCUT2D eigenvalue weighted by Gasteiger charge is -2.34. The summed E-state index contributed by atoms with van der Waals surface area (Å²) in [6.45, 7) is 7.00. The largest absolute Gasteiger partial charge is 0.466 e. The van der Waals surface area contributed by atoms with Crippen molar-refractivity contribution in [3.05, 3.63) is 82.6 Å². The summed E-state index contributed by atoms with van der Waals surface area (Å²) in [7, 11) is 0. The third-order valence-electron chi connectivity index (χ3n) is 7.36. The quantitative estimate of drug-likeness (QED) is 0.466. The average molecular weight is 533 g/mol. The lowest BCUT2D eigenvalue weighted by atomic mass is 9.83. The van der Waals surface area contributed by atoms with Crippen molar-refractivity contribution in [3.63, 3.8) is 0 Å². The summed E-state index contributed by atoms with van der Waals surface area (Å²) in [6, 6.07) is 16.7. The highest BCUT2D eigenvalue weighted by atomic mass is 16.5. The van der Waals surface area contributed by atoms with Crippen molar-refractivity contribution in [1.29, 1.82) is 0 Å². The molecule has 206 valence electrons. The van der Waals surface area contributed by atoms with E-state index in [2.05, 4.69) is 0 Å². The number of piperidine rings is 1. The smallest absolute Gasteiger partial charge is 0.336 e. The number of carbonyl (C=O) groups excluding carboxylic acids is 4. The molecule has 4 rings (SSSR count). The van der Waals surface area contributed by atoms with Crippen LogP contribution in [0.3, 0.4) is 0 Å². The molecule has 1 saturated heterocycles. The summed E-state index contributed by atoms with van der Waals surface area (Å²) >= 11 is 0. The maximum atomic E-state index is 13.4. The zero-order chi connectivity index (χ0) is 27.9. The zero-order valence-corrected chi connectivity index (χ0v) is 22.9. The minimum absolute atomic E-state index is 0.0977. The van der Waals surface area contributed by atoms with Gasteiger partial charge in [-0.3, -0.25) is 14.4 Å². The Balaban J connectivity index is 1.56. The normalized spacial score (nSPS) is 19.6. The molecule has 0 spiro atoms. The number of ether oxygens (including phenoxy) is 2. The van der Waals surface area contributed by atoms with Crippen molar-refractivity contribution in [2.45, 2.75) is 52.5 Å². The summed E-state index contributed by atoms with van der Waals surface area (Å²) in [5.41, 5.74) is 3.20. The van der Waals surface area contributed by atoms with E-state index in [1.54, 1.807) is 48.8 Å². The van der Waals surface area contributed by atoms with Gasteiger partial charge in [-0.2, -0.15) is 0 Å². The van der Waals surface area contributed by atoms with Crippen molar-refractivity contribution >= 4 is 23.8 Å². The van der Waals surface area contributed by atoms with E-state index >= 15 is 0 Å². The lowest BCUT2D eigenvalue weighted by molar-refractivity contribution is -0.149. The van der Waals surface area contributed by atoms with Crippen LogP contribution in [-0.4, -0.2) is 59.9 Å². The van der Waals surface area contributed by atoms with E-state index in [1.165, 1.54) is 0 Å². The molecule has 0 saturated carbocycles. The topological polar surface area (TPSA) is 93.2 Å². The van der Waals surface area contributed by atoms with Crippen LogP contribution in [0.5, 0.6) is 0 Å². The summed E-state index contributed by atoms with van der Waals surface area (Å²) in [6.07, 6.45) is 1.59.